The summed E-state index contributed by atoms with van der Waals surface area (Å²) in [7, 11) is -9.96. The van der Waals surface area contributed by atoms with Crippen LogP contribution in [0.25, 0.3) is 0 Å². The Balaban J connectivity index is 5.38. The number of aliphatic hydroxyl groups is 1. The molecule has 94 heavy (non-hydrogen) atoms. The molecule has 0 amide bonds. The van der Waals surface area contributed by atoms with Crippen molar-refractivity contribution in [3.05, 3.63) is 85.1 Å². The predicted molar refractivity (Wildman–Crippen MR) is 381 cm³/mol. The molecule has 0 bridgehead atoms. The lowest BCUT2D eigenvalue weighted by atomic mass is 10.1. The molecule has 0 radical (unpaired) electrons. The third-order valence-corrected chi connectivity index (χ3v) is 17.3. The minimum atomic E-state index is -4.99. The van der Waals surface area contributed by atoms with Crippen molar-refractivity contribution in [2.45, 2.75) is 329 Å². The van der Waals surface area contributed by atoms with Crippen LogP contribution >= 0.6 is 15.6 Å². The Morgan fingerprint density at radius 2 is 0.596 bits per heavy atom. The van der Waals surface area contributed by atoms with Crippen molar-refractivity contribution in [3.63, 3.8) is 0 Å². The van der Waals surface area contributed by atoms with E-state index in [0.717, 1.165) is 128 Å². The molecule has 544 valence electrons. The second-order valence-electron chi connectivity index (χ2n) is 24.5. The Kier molecular flexibility index (Phi) is 65.1. The van der Waals surface area contributed by atoms with Crippen LogP contribution in [0, 0.1) is 0 Å². The first-order chi connectivity index (χ1) is 45.7. The van der Waals surface area contributed by atoms with Crippen molar-refractivity contribution in [2.75, 3.05) is 39.6 Å². The summed E-state index contributed by atoms with van der Waals surface area (Å²) in [5.41, 5.74) is 0. The quantitative estimate of drug-likeness (QED) is 0.0169. The number of phosphoric acid groups is 2. The second kappa shape index (κ2) is 67.8. The van der Waals surface area contributed by atoms with E-state index < -0.39 is 97.5 Å². The number of esters is 4. The van der Waals surface area contributed by atoms with Gasteiger partial charge in [0.05, 0.1) is 32.8 Å². The molecule has 0 rings (SSSR count). The first-order valence-corrected chi connectivity index (χ1v) is 39.8. The Bertz CT molecular complexity index is 2120. The average Bonchev–Trinajstić information content (AvgIpc) is 1.55. The number of carbonyl (C=O) groups excluding carboxylic acids is 4. The fourth-order valence-electron chi connectivity index (χ4n) is 9.75. The van der Waals surface area contributed by atoms with Gasteiger partial charge in [0.1, 0.15) is 19.3 Å². The van der Waals surface area contributed by atoms with Crippen LogP contribution in [0.5, 0.6) is 0 Å². The molecule has 5 atom stereocenters. The fourth-order valence-corrected chi connectivity index (χ4v) is 11.3. The standard InChI is InChI=1S/C75H132O17P2/c1-5-9-13-17-21-25-29-32-34-37-40-43-47-51-55-59-72(77)85-65-70(91-74(79)61-57-53-49-45-39-28-24-20-16-12-8-4)67-89-93(81,82)87-63-69(76)64-88-94(83,84)90-68-71(92-75(80)62-58-54-50-46-42-36-31-27-23-19-15-11-7-3)66-86-73(78)60-56-52-48-44-41-38-35-33-30-26-22-18-14-10-6-2/h10,14,22,26-27,31-35,41,44,52,56,69-71,76H,5-9,11-13,15-21,23-25,28-30,36-40,42-43,45-51,53-55,57-68H2,1-4H3,(H,81,82)(H,83,84)/b14-10-,26-22-,31-27-,34-32-,35-33-,44-41-,56-52-. The molecule has 0 aliphatic carbocycles. The molecule has 0 saturated heterocycles. The first kappa shape index (κ1) is 90.2. The zero-order valence-corrected chi connectivity index (χ0v) is 60.9. The van der Waals surface area contributed by atoms with E-state index in [4.69, 9.17) is 37.0 Å². The van der Waals surface area contributed by atoms with Gasteiger partial charge in [-0.05, 0) is 103 Å². The van der Waals surface area contributed by atoms with E-state index in [1.54, 1.807) is 6.08 Å². The smallest absolute Gasteiger partial charge is 0.462 e. The van der Waals surface area contributed by atoms with Crippen LogP contribution in [0.1, 0.15) is 310 Å². The van der Waals surface area contributed by atoms with Crippen molar-refractivity contribution in [3.8, 4) is 0 Å². The van der Waals surface area contributed by atoms with E-state index >= 15 is 0 Å². The van der Waals surface area contributed by atoms with Gasteiger partial charge in [-0.1, -0.05) is 267 Å². The van der Waals surface area contributed by atoms with Gasteiger partial charge in [-0.3, -0.25) is 37.3 Å². The molecule has 0 saturated carbocycles. The van der Waals surface area contributed by atoms with E-state index in [0.29, 0.717) is 25.7 Å². The highest BCUT2D eigenvalue weighted by Crippen LogP contribution is 2.45. The van der Waals surface area contributed by atoms with Gasteiger partial charge in [0, 0.05) is 19.3 Å². The Labute approximate surface area is 570 Å². The van der Waals surface area contributed by atoms with E-state index in [-0.39, 0.29) is 25.7 Å². The number of hydrogen-bond donors (Lipinski definition) is 3. The lowest BCUT2D eigenvalue weighted by Crippen LogP contribution is -2.30. The molecule has 0 aliphatic rings. The number of hydrogen-bond acceptors (Lipinski definition) is 15. The molecule has 5 unspecified atom stereocenters. The minimum absolute atomic E-state index is 0.0665. The largest absolute Gasteiger partial charge is 0.472 e. The topological polar surface area (TPSA) is 237 Å². The maximum absolute atomic E-state index is 13.0. The highest BCUT2D eigenvalue weighted by atomic mass is 31.2. The first-order valence-electron chi connectivity index (χ1n) is 36.8. The number of unbranched alkanes of at least 4 members (excludes halogenated alkanes) is 30. The van der Waals surface area contributed by atoms with Crippen molar-refractivity contribution in [1.29, 1.82) is 0 Å². The van der Waals surface area contributed by atoms with Crippen LogP contribution in [-0.2, 0) is 65.4 Å². The maximum atomic E-state index is 13.0. The zero-order valence-electron chi connectivity index (χ0n) is 59.1. The SMILES string of the molecule is CC/C=C\C/C=C\C/C=C\C/C=C\C/C=C\CC(=O)OCC(COP(=O)(O)OCC(O)COP(=O)(O)OCC(COC(=O)CCCCCCC/C=C\CCCCCCCC)OC(=O)CCCCCCCCCCCCC)OC(=O)CCCCCCC/C=C\CCCCCC. The minimum Gasteiger partial charge on any atom is -0.462 e. The van der Waals surface area contributed by atoms with Crippen LogP contribution in [0.4, 0.5) is 0 Å². The molecule has 0 fully saturated rings. The maximum Gasteiger partial charge on any atom is 0.472 e. The van der Waals surface area contributed by atoms with Crippen molar-refractivity contribution in [1.82, 2.24) is 0 Å². The molecular formula is C75H132O17P2. The van der Waals surface area contributed by atoms with Crippen LogP contribution in [-0.4, -0.2) is 96.7 Å². The van der Waals surface area contributed by atoms with E-state index in [2.05, 4.69) is 88.5 Å². The number of ether oxygens (including phenoxy) is 4. The normalized spacial score (nSPS) is 14.5. The summed E-state index contributed by atoms with van der Waals surface area (Å²) in [6, 6.07) is 0. The summed E-state index contributed by atoms with van der Waals surface area (Å²) >= 11 is 0. The van der Waals surface area contributed by atoms with Crippen LogP contribution in [0.15, 0.2) is 85.1 Å². The van der Waals surface area contributed by atoms with E-state index in [1.165, 1.54) is 103 Å². The van der Waals surface area contributed by atoms with Crippen LogP contribution in [0.2, 0.25) is 0 Å². The van der Waals surface area contributed by atoms with Gasteiger partial charge in [-0.25, -0.2) is 9.13 Å². The van der Waals surface area contributed by atoms with Crippen molar-refractivity contribution in [2.24, 2.45) is 0 Å². The molecule has 0 spiro atoms. The van der Waals surface area contributed by atoms with Crippen LogP contribution < -0.4 is 0 Å². The Morgan fingerprint density at radius 3 is 0.947 bits per heavy atom. The second-order valence-corrected chi connectivity index (χ2v) is 27.4. The van der Waals surface area contributed by atoms with E-state index in [9.17, 15) is 43.2 Å². The molecule has 0 heterocycles. The summed E-state index contributed by atoms with van der Waals surface area (Å²) in [5.74, 6) is -2.33. The summed E-state index contributed by atoms with van der Waals surface area (Å²) in [6.07, 6.45) is 67.6. The number of carbonyl (C=O) groups is 4. The van der Waals surface area contributed by atoms with Crippen molar-refractivity contribution >= 4 is 39.5 Å². The average molecular weight is 1370 g/mol. The van der Waals surface area contributed by atoms with Gasteiger partial charge in [0.25, 0.3) is 0 Å². The molecule has 19 heteroatoms. The van der Waals surface area contributed by atoms with Gasteiger partial charge >= 0.3 is 39.5 Å². The molecule has 17 nitrogen and oxygen atoms in total. The lowest BCUT2D eigenvalue weighted by molar-refractivity contribution is -0.161. The van der Waals surface area contributed by atoms with E-state index in [1.807, 2.05) is 18.2 Å². The third-order valence-electron chi connectivity index (χ3n) is 15.4. The molecule has 0 aromatic carbocycles. The predicted octanol–water partition coefficient (Wildman–Crippen LogP) is 20.7. The molecule has 3 N–H and O–H groups in total. The summed E-state index contributed by atoms with van der Waals surface area (Å²) in [4.78, 5) is 72.6. The summed E-state index contributed by atoms with van der Waals surface area (Å²) < 4.78 is 68.2. The van der Waals surface area contributed by atoms with Gasteiger partial charge in [0.15, 0.2) is 12.2 Å². The highest BCUT2D eigenvalue weighted by Gasteiger charge is 2.30. The number of rotatable bonds is 69. The highest BCUT2D eigenvalue weighted by molar-refractivity contribution is 7.47. The van der Waals surface area contributed by atoms with Gasteiger partial charge in [-0.2, -0.15) is 0 Å². The molecule has 0 aliphatic heterocycles. The summed E-state index contributed by atoms with van der Waals surface area (Å²) in [5, 5.41) is 10.6. The molecule has 0 aromatic rings. The zero-order chi connectivity index (χ0) is 69.0. The summed E-state index contributed by atoms with van der Waals surface area (Å²) in [6.45, 7) is 4.61. The third kappa shape index (κ3) is 66.8. The molecule has 0 aromatic heterocycles. The van der Waals surface area contributed by atoms with Crippen LogP contribution in [0.3, 0.4) is 0 Å². The monoisotopic (exact) mass is 1370 g/mol. The number of allylic oxidation sites excluding steroid dienone is 13. The number of aliphatic hydroxyl groups excluding tert-OH is 1. The Morgan fingerprint density at radius 1 is 0.319 bits per heavy atom. The number of phosphoric ester groups is 2. The Hall–Kier alpha value is -3.76. The van der Waals surface area contributed by atoms with Gasteiger partial charge in [0.2, 0.25) is 0 Å². The van der Waals surface area contributed by atoms with Crippen molar-refractivity contribution < 1.29 is 80.2 Å². The molecular weight excluding hydrogens is 1230 g/mol. The van der Waals surface area contributed by atoms with Gasteiger partial charge < -0.3 is 33.8 Å². The lowest BCUT2D eigenvalue weighted by Gasteiger charge is -2.21. The van der Waals surface area contributed by atoms with Gasteiger partial charge in [-0.15, -0.1) is 0 Å². The fraction of sp³-hybridized carbons (Fsp3) is 0.760.